The summed E-state index contributed by atoms with van der Waals surface area (Å²) in [4.78, 5) is 16.7. The maximum absolute atomic E-state index is 12.3. The molecule has 0 bridgehead atoms. The molecule has 6 nitrogen and oxygen atoms in total. The van der Waals surface area contributed by atoms with Gasteiger partial charge in [-0.25, -0.2) is 9.78 Å². The molecular weight excluding hydrogens is 362 g/mol. The number of rotatable bonds is 5. The molecule has 0 aliphatic carbocycles. The van der Waals surface area contributed by atoms with Crippen LogP contribution in [-0.4, -0.2) is 18.3 Å². The van der Waals surface area contributed by atoms with Crippen LogP contribution in [0.1, 0.15) is 5.56 Å². The molecular formula is C20H15N3O3S. The Hall–Kier alpha value is -3.45. The van der Waals surface area contributed by atoms with E-state index in [1.807, 2.05) is 36.4 Å². The van der Waals surface area contributed by atoms with Crippen molar-refractivity contribution in [1.29, 1.82) is 0 Å². The molecule has 7 heteroatoms. The second-order valence-corrected chi connectivity index (χ2v) is 6.53. The van der Waals surface area contributed by atoms with Crippen LogP contribution in [0.2, 0.25) is 0 Å². The first-order valence-corrected chi connectivity index (χ1v) is 9.03. The van der Waals surface area contributed by atoms with Crippen molar-refractivity contribution >= 4 is 33.7 Å². The van der Waals surface area contributed by atoms with Gasteiger partial charge in [-0.2, -0.15) is 5.10 Å². The van der Waals surface area contributed by atoms with Gasteiger partial charge < -0.3 is 9.15 Å². The average molecular weight is 377 g/mol. The molecule has 0 atom stereocenters. The first-order valence-electron chi connectivity index (χ1n) is 8.15. The Labute approximate surface area is 158 Å². The molecule has 0 spiro atoms. The van der Waals surface area contributed by atoms with Crippen LogP contribution in [0, 0.1) is 0 Å². The van der Waals surface area contributed by atoms with Crippen molar-refractivity contribution in [2.75, 3.05) is 12.5 Å². The summed E-state index contributed by atoms with van der Waals surface area (Å²) in [6.45, 7) is 0. The fourth-order valence-corrected chi connectivity index (χ4v) is 3.22. The molecule has 0 amide bonds. The summed E-state index contributed by atoms with van der Waals surface area (Å²) in [7, 11) is 1.59. The van der Waals surface area contributed by atoms with Crippen LogP contribution < -0.4 is 15.8 Å². The van der Waals surface area contributed by atoms with Gasteiger partial charge >= 0.3 is 5.63 Å². The molecule has 0 aliphatic heterocycles. The predicted molar refractivity (Wildman–Crippen MR) is 108 cm³/mol. The molecule has 4 rings (SSSR count). The van der Waals surface area contributed by atoms with E-state index in [1.54, 1.807) is 36.9 Å². The highest BCUT2D eigenvalue weighted by molar-refractivity contribution is 7.14. The van der Waals surface area contributed by atoms with Crippen LogP contribution in [-0.2, 0) is 0 Å². The predicted octanol–water partition coefficient (Wildman–Crippen LogP) is 4.37. The van der Waals surface area contributed by atoms with Crippen molar-refractivity contribution in [2.24, 2.45) is 5.10 Å². The van der Waals surface area contributed by atoms with Gasteiger partial charge in [0.2, 0.25) is 5.13 Å². The van der Waals surface area contributed by atoms with E-state index in [0.717, 1.165) is 10.9 Å². The maximum Gasteiger partial charge on any atom is 0.345 e. The number of hydrogen-bond acceptors (Lipinski definition) is 7. The second kappa shape index (κ2) is 7.43. The smallest absolute Gasteiger partial charge is 0.345 e. The number of ether oxygens (including phenoxy) is 1. The van der Waals surface area contributed by atoms with E-state index in [4.69, 9.17) is 9.15 Å². The van der Waals surface area contributed by atoms with Crippen molar-refractivity contribution in [3.8, 4) is 17.0 Å². The number of nitrogens with one attached hydrogen (secondary N) is 1. The fourth-order valence-electron chi connectivity index (χ4n) is 2.56. The highest BCUT2D eigenvalue weighted by Gasteiger charge is 2.12. The van der Waals surface area contributed by atoms with E-state index in [-0.39, 0.29) is 0 Å². The monoisotopic (exact) mass is 377 g/mol. The number of hydrazone groups is 1. The number of nitrogens with zero attached hydrogens (tertiary/aromatic N) is 2. The number of benzene rings is 2. The molecule has 0 saturated carbocycles. The number of anilines is 1. The largest absolute Gasteiger partial charge is 0.497 e. The average Bonchev–Trinajstić information content (AvgIpc) is 3.16. The minimum Gasteiger partial charge on any atom is -0.497 e. The standard InChI is InChI=1S/C20H15N3O3S/c1-25-15-7-8-18-14(9-15)10-16(19(24)26-18)17-12-27-20(22-17)23-21-11-13-5-3-2-4-6-13/h2-12H,1H3,(H,22,23)/b21-11+. The van der Waals surface area contributed by atoms with Gasteiger partial charge in [0, 0.05) is 10.8 Å². The Bertz CT molecular complexity index is 1170. The van der Waals surface area contributed by atoms with Gasteiger partial charge in [0.25, 0.3) is 0 Å². The molecule has 0 saturated heterocycles. The fraction of sp³-hybridized carbons (Fsp3) is 0.0500. The Morgan fingerprint density at radius 1 is 1.19 bits per heavy atom. The molecule has 1 N–H and O–H groups in total. The van der Waals surface area contributed by atoms with Gasteiger partial charge in [0.15, 0.2) is 0 Å². The van der Waals surface area contributed by atoms with Crippen LogP contribution in [0.5, 0.6) is 5.75 Å². The molecule has 2 aromatic carbocycles. The van der Waals surface area contributed by atoms with Crippen molar-refractivity contribution < 1.29 is 9.15 Å². The van der Waals surface area contributed by atoms with Gasteiger partial charge in [-0.05, 0) is 29.8 Å². The molecule has 0 unspecified atom stereocenters. The zero-order valence-corrected chi connectivity index (χ0v) is 15.2. The van der Waals surface area contributed by atoms with E-state index in [0.29, 0.717) is 27.7 Å². The van der Waals surface area contributed by atoms with Gasteiger partial charge in [0.1, 0.15) is 11.3 Å². The molecule has 134 valence electrons. The van der Waals surface area contributed by atoms with Crippen molar-refractivity contribution in [3.05, 3.63) is 76.0 Å². The van der Waals surface area contributed by atoms with Gasteiger partial charge in [-0.3, -0.25) is 5.43 Å². The minimum absolute atomic E-state index is 0.395. The van der Waals surface area contributed by atoms with Crippen LogP contribution in [0.15, 0.2) is 74.3 Å². The maximum atomic E-state index is 12.3. The summed E-state index contributed by atoms with van der Waals surface area (Å²) in [6, 6.07) is 16.8. The SMILES string of the molecule is COc1ccc2oc(=O)c(-c3csc(N/N=C/c4ccccc4)n3)cc2c1. The van der Waals surface area contributed by atoms with E-state index in [2.05, 4.69) is 15.5 Å². The highest BCUT2D eigenvalue weighted by atomic mass is 32.1. The molecule has 27 heavy (non-hydrogen) atoms. The lowest BCUT2D eigenvalue weighted by atomic mass is 10.1. The first-order chi connectivity index (χ1) is 13.2. The minimum atomic E-state index is -0.433. The summed E-state index contributed by atoms with van der Waals surface area (Å²) in [5, 5.41) is 7.32. The first kappa shape index (κ1) is 17.0. The van der Waals surface area contributed by atoms with Crippen molar-refractivity contribution in [3.63, 3.8) is 0 Å². The lowest BCUT2D eigenvalue weighted by molar-refractivity contribution is 0.415. The number of hydrogen-bond donors (Lipinski definition) is 1. The highest BCUT2D eigenvalue weighted by Crippen LogP contribution is 2.27. The second-order valence-electron chi connectivity index (χ2n) is 5.67. The Morgan fingerprint density at radius 3 is 2.85 bits per heavy atom. The third kappa shape index (κ3) is 3.73. The number of methoxy groups -OCH3 is 1. The van der Waals surface area contributed by atoms with E-state index < -0.39 is 5.63 Å². The summed E-state index contributed by atoms with van der Waals surface area (Å²) < 4.78 is 10.6. The summed E-state index contributed by atoms with van der Waals surface area (Å²) >= 11 is 1.36. The third-order valence-corrected chi connectivity index (χ3v) is 4.64. The van der Waals surface area contributed by atoms with Crippen LogP contribution in [0.4, 0.5) is 5.13 Å². The van der Waals surface area contributed by atoms with Gasteiger partial charge in [0.05, 0.1) is 24.6 Å². The number of fused-ring (bicyclic) bond motifs is 1. The zero-order chi connectivity index (χ0) is 18.6. The number of thiazole rings is 1. The van der Waals surface area contributed by atoms with Crippen molar-refractivity contribution in [1.82, 2.24) is 4.98 Å². The van der Waals surface area contributed by atoms with E-state index >= 15 is 0 Å². The van der Waals surface area contributed by atoms with Gasteiger partial charge in [-0.15, -0.1) is 11.3 Å². The normalized spacial score (nSPS) is 11.1. The molecule has 0 aliphatic rings. The zero-order valence-electron chi connectivity index (χ0n) is 14.4. The topological polar surface area (TPSA) is 76.7 Å². The van der Waals surface area contributed by atoms with Crippen molar-refractivity contribution in [2.45, 2.75) is 0 Å². The summed E-state index contributed by atoms with van der Waals surface area (Å²) in [5.41, 5.74) is 4.87. The third-order valence-electron chi connectivity index (χ3n) is 3.89. The molecule has 4 aromatic rings. The molecule has 2 aromatic heterocycles. The Kier molecular flexibility index (Phi) is 4.67. The molecule has 0 radical (unpaired) electrons. The van der Waals surface area contributed by atoms with Crippen LogP contribution >= 0.6 is 11.3 Å². The number of aromatic nitrogens is 1. The molecule has 0 fully saturated rings. The lowest BCUT2D eigenvalue weighted by Gasteiger charge is -2.03. The van der Waals surface area contributed by atoms with Crippen LogP contribution in [0.3, 0.4) is 0 Å². The molecule has 2 heterocycles. The Balaban J connectivity index is 1.60. The lowest BCUT2D eigenvalue weighted by Crippen LogP contribution is -2.03. The quantitative estimate of drug-likeness (QED) is 0.317. The van der Waals surface area contributed by atoms with Gasteiger partial charge in [-0.1, -0.05) is 30.3 Å². The Morgan fingerprint density at radius 2 is 2.04 bits per heavy atom. The van der Waals surface area contributed by atoms with E-state index in [1.165, 1.54) is 11.3 Å². The summed E-state index contributed by atoms with van der Waals surface area (Å²) in [6.07, 6.45) is 1.71. The van der Waals surface area contributed by atoms with E-state index in [9.17, 15) is 4.79 Å². The summed E-state index contributed by atoms with van der Waals surface area (Å²) in [5.74, 6) is 0.693. The van der Waals surface area contributed by atoms with Crippen LogP contribution in [0.25, 0.3) is 22.2 Å².